The second-order valence-electron chi connectivity index (χ2n) is 4.62. The van der Waals surface area contributed by atoms with Crippen LogP contribution in [-0.2, 0) is 0 Å². The normalized spacial score (nSPS) is 10.4. The maximum Gasteiger partial charge on any atom is 0.153 e. The number of nitrogens with one attached hydrogen (secondary N) is 1. The van der Waals surface area contributed by atoms with Crippen LogP contribution in [0.25, 0.3) is 10.9 Å². The van der Waals surface area contributed by atoms with Crippen molar-refractivity contribution in [2.45, 2.75) is 0 Å². The number of fused-ring (bicyclic) bond motifs is 1. The van der Waals surface area contributed by atoms with Crippen LogP contribution in [0.5, 0.6) is 11.5 Å². The zero-order chi connectivity index (χ0) is 15.5. The third-order valence-electron chi connectivity index (χ3n) is 3.24. The number of anilines is 2. The van der Waals surface area contributed by atoms with Gasteiger partial charge in [-0.25, -0.2) is 9.97 Å². The zero-order valence-electron chi connectivity index (χ0n) is 11.8. The zero-order valence-corrected chi connectivity index (χ0v) is 11.8. The number of ether oxygens (including phenoxy) is 1. The van der Waals surface area contributed by atoms with E-state index in [-0.39, 0.29) is 5.75 Å². The number of hydrogen-bond acceptors (Lipinski definition) is 6. The summed E-state index contributed by atoms with van der Waals surface area (Å²) in [6.45, 7) is 0. The molecule has 3 aromatic rings. The van der Waals surface area contributed by atoms with Gasteiger partial charge in [-0.2, -0.15) is 0 Å². The first-order valence-electron chi connectivity index (χ1n) is 6.55. The van der Waals surface area contributed by atoms with E-state index in [0.29, 0.717) is 28.0 Å². The molecule has 0 aliphatic heterocycles. The lowest BCUT2D eigenvalue weighted by atomic mass is 10.1. The van der Waals surface area contributed by atoms with Gasteiger partial charge in [0.05, 0.1) is 18.2 Å². The van der Waals surface area contributed by atoms with Gasteiger partial charge >= 0.3 is 0 Å². The number of carbonyl (C=O) groups is 1. The summed E-state index contributed by atoms with van der Waals surface area (Å²) in [4.78, 5) is 19.6. The van der Waals surface area contributed by atoms with Crippen LogP contribution < -0.4 is 10.1 Å². The van der Waals surface area contributed by atoms with Crippen molar-refractivity contribution in [1.82, 2.24) is 9.97 Å². The molecule has 0 saturated carbocycles. The van der Waals surface area contributed by atoms with Crippen LogP contribution in [0.2, 0.25) is 0 Å². The van der Waals surface area contributed by atoms with Gasteiger partial charge in [-0.3, -0.25) is 4.79 Å². The Bertz CT molecular complexity index is 832. The SMILES string of the molecule is COc1cc2ncnc(Nc3ccc(O)cc3)c2cc1C=O. The van der Waals surface area contributed by atoms with Crippen molar-refractivity contribution in [3.05, 3.63) is 48.3 Å². The third-order valence-corrected chi connectivity index (χ3v) is 3.24. The Morgan fingerprint density at radius 2 is 1.95 bits per heavy atom. The third kappa shape index (κ3) is 2.54. The van der Waals surface area contributed by atoms with Crippen LogP contribution >= 0.6 is 0 Å². The quantitative estimate of drug-likeness (QED) is 0.568. The van der Waals surface area contributed by atoms with Crippen molar-refractivity contribution < 1.29 is 14.6 Å². The lowest BCUT2D eigenvalue weighted by Crippen LogP contribution is -1.98. The molecule has 1 aromatic heterocycles. The van der Waals surface area contributed by atoms with E-state index in [2.05, 4.69) is 15.3 Å². The highest BCUT2D eigenvalue weighted by Gasteiger charge is 2.10. The Hall–Kier alpha value is -3.15. The summed E-state index contributed by atoms with van der Waals surface area (Å²) in [7, 11) is 1.50. The number of benzene rings is 2. The van der Waals surface area contributed by atoms with Gasteiger partial charge < -0.3 is 15.2 Å². The molecule has 2 aromatic carbocycles. The molecule has 6 heteroatoms. The van der Waals surface area contributed by atoms with Crippen LogP contribution in [0, 0.1) is 0 Å². The fourth-order valence-corrected chi connectivity index (χ4v) is 2.15. The van der Waals surface area contributed by atoms with Crippen LogP contribution in [0.15, 0.2) is 42.7 Å². The van der Waals surface area contributed by atoms with Gasteiger partial charge in [-0.15, -0.1) is 0 Å². The molecule has 110 valence electrons. The molecule has 0 aliphatic rings. The number of methoxy groups -OCH3 is 1. The minimum absolute atomic E-state index is 0.186. The summed E-state index contributed by atoms with van der Waals surface area (Å²) >= 11 is 0. The number of phenols is 1. The molecule has 0 radical (unpaired) electrons. The molecular formula is C16H13N3O3. The van der Waals surface area contributed by atoms with Crippen molar-refractivity contribution in [3.8, 4) is 11.5 Å². The molecule has 3 rings (SSSR count). The second-order valence-corrected chi connectivity index (χ2v) is 4.62. The number of hydrogen-bond donors (Lipinski definition) is 2. The van der Waals surface area contributed by atoms with Crippen molar-refractivity contribution in [2.24, 2.45) is 0 Å². The number of carbonyl (C=O) groups excluding carboxylic acids is 1. The number of rotatable bonds is 4. The first-order chi connectivity index (χ1) is 10.7. The molecule has 0 aliphatic carbocycles. The molecule has 0 unspecified atom stereocenters. The predicted molar refractivity (Wildman–Crippen MR) is 82.9 cm³/mol. The van der Waals surface area contributed by atoms with Gasteiger partial charge in [0.25, 0.3) is 0 Å². The Morgan fingerprint density at radius 1 is 1.18 bits per heavy atom. The fourth-order valence-electron chi connectivity index (χ4n) is 2.15. The maximum absolute atomic E-state index is 11.2. The highest BCUT2D eigenvalue weighted by atomic mass is 16.5. The van der Waals surface area contributed by atoms with Gasteiger partial charge in [0.1, 0.15) is 23.6 Å². The number of phenolic OH excluding ortho intramolecular Hbond substituents is 1. The number of nitrogens with zero attached hydrogens (tertiary/aromatic N) is 2. The van der Waals surface area contributed by atoms with Crippen LogP contribution in [-0.4, -0.2) is 28.5 Å². The number of aromatic hydroxyl groups is 1. The van der Waals surface area contributed by atoms with E-state index < -0.39 is 0 Å². The summed E-state index contributed by atoms with van der Waals surface area (Å²) < 4.78 is 5.18. The molecule has 22 heavy (non-hydrogen) atoms. The molecule has 0 spiro atoms. The minimum Gasteiger partial charge on any atom is -0.508 e. The summed E-state index contributed by atoms with van der Waals surface area (Å²) in [5.41, 5.74) is 1.86. The number of aldehydes is 1. The van der Waals surface area contributed by atoms with Crippen LogP contribution in [0.4, 0.5) is 11.5 Å². The molecule has 6 nitrogen and oxygen atoms in total. The molecule has 0 amide bonds. The largest absolute Gasteiger partial charge is 0.508 e. The summed E-state index contributed by atoms with van der Waals surface area (Å²) in [5, 5.41) is 13.2. The highest BCUT2D eigenvalue weighted by Crippen LogP contribution is 2.29. The van der Waals surface area contributed by atoms with Gasteiger partial charge in [0.2, 0.25) is 0 Å². The molecule has 0 saturated heterocycles. The second kappa shape index (κ2) is 5.69. The summed E-state index contributed by atoms with van der Waals surface area (Å²) in [6, 6.07) is 9.99. The summed E-state index contributed by atoms with van der Waals surface area (Å²) in [5.74, 6) is 1.23. The smallest absolute Gasteiger partial charge is 0.153 e. The van der Waals surface area contributed by atoms with E-state index in [4.69, 9.17) is 4.74 Å². The molecule has 1 heterocycles. The monoisotopic (exact) mass is 295 g/mol. The fraction of sp³-hybridized carbons (Fsp3) is 0.0625. The molecular weight excluding hydrogens is 282 g/mol. The lowest BCUT2D eigenvalue weighted by molar-refractivity contribution is 0.112. The number of aromatic nitrogens is 2. The Morgan fingerprint density at radius 3 is 2.64 bits per heavy atom. The Balaban J connectivity index is 2.09. The van der Waals surface area contributed by atoms with Gasteiger partial charge in [0.15, 0.2) is 6.29 Å². The van der Waals surface area contributed by atoms with Gasteiger partial charge in [0, 0.05) is 17.1 Å². The van der Waals surface area contributed by atoms with E-state index in [0.717, 1.165) is 12.0 Å². The topological polar surface area (TPSA) is 84.3 Å². The molecule has 0 atom stereocenters. The van der Waals surface area contributed by atoms with Crippen molar-refractivity contribution in [2.75, 3.05) is 12.4 Å². The van der Waals surface area contributed by atoms with E-state index >= 15 is 0 Å². The van der Waals surface area contributed by atoms with E-state index in [9.17, 15) is 9.90 Å². The molecule has 0 fully saturated rings. The lowest BCUT2D eigenvalue weighted by Gasteiger charge is -2.10. The highest BCUT2D eigenvalue weighted by molar-refractivity contribution is 5.96. The standard InChI is InChI=1S/C16H13N3O3/c1-22-15-7-14-13(6-10(15)8-20)16(18-9-17-14)19-11-2-4-12(21)5-3-11/h2-9,21H,1H3,(H,17,18,19). The van der Waals surface area contributed by atoms with E-state index in [1.807, 2.05) is 0 Å². The molecule has 0 bridgehead atoms. The minimum atomic E-state index is 0.186. The van der Waals surface area contributed by atoms with Gasteiger partial charge in [-0.1, -0.05) is 0 Å². The first kappa shape index (κ1) is 13.8. The van der Waals surface area contributed by atoms with Crippen molar-refractivity contribution in [1.29, 1.82) is 0 Å². The predicted octanol–water partition coefficient (Wildman–Crippen LogP) is 2.90. The van der Waals surface area contributed by atoms with Gasteiger partial charge in [-0.05, 0) is 30.3 Å². The summed E-state index contributed by atoms with van der Waals surface area (Å²) in [6.07, 6.45) is 2.17. The molecule has 2 N–H and O–H groups in total. The van der Waals surface area contributed by atoms with E-state index in [1.165, 1.54) is 13.4 Å². The maximum atomic E-state index is 11.2. The van der Waals surface area contributed by atoms with Crippen LogP contribution in [0.1, 0.15) is 10.4 Å². The van der Waals surface area contributed by atoms with E-state index in [1.54, 1.807) is 36.4 Å². The van der Waals surface area contributed by atoms with Crippen LogP contribution in [0.3, 0.4) is 0 Å². The Kier molecular flexibility index (Phi) is 3.57. The average Bonchev–Trinajstić information content (AvgIpc) is 2.56. The van der Waals surface area contributed by atoms with Crippen molar-refractivity contribution in [3.63, 3.8) is 0 Å². The Labute approximate surface area is 126 Å². The average molecular weight is 295 g/mol. The van der Waals surface area contributed by atoms with Crippen molar-refractivity contribution >= 4 is 28.7 Å². The first-order valence-corrected chi connectivity index (χ1v) is 6.55.